The Morgan fingerprint density at radius 2 is 1.88 bits per heavy atom. The zero-order chi connectivity index (χ0) is 23.5. The van der Waals surface area contributed by atoms with Crippen LogP contribution in [0.3, 0.4) is 0 Å². The van der Waals surface area contributed by atoms with E-state index in [2.05, 4.69) is 41.0 Å². The van der Waals surface area contributed by atoms with Gasteiger partial charge >= 0.3 is 0 Å². The summed E-state index contributed by atoms with van der Waals surface area (Å²) >= 11 is 5.48. The van der Waals surface area contributed by atoms with Gasteiger partial charge in [0.05, 0.1) is 47.4 Å². The smallest absolute Gasteiger partial charge is 0.273 e. The normalized spacial score (nSPS) is 10.8. The van der Waals surface area contributed by atoms with Gasteiger partial charge in [-0.1, -0.05) is 42.5 Å². The van der Waals surface area contributed by atoms with E-state index in [1.807, 2.05) is 30.7 Å². The van der Waals surface area contributed by atoms with E-state index in [0.717, 1.165) is 17.1 Å². The van der Waals surface area contributed by atoms with Gasteiger partial charge in [0.1, 0.15) is 5.75 Å². The molecule has 0 bridgehead atoms. The van der Waals surface area contributed by atoms with Gasteiger partial charge in [0, 0.05) is 6.07 Å². The minimum Gasteiger partial charge on any atom is -0.494 e. The number of aromatic nitrogens is 2. The van der Waals surface area contributed by atoms with Crippen LogP contribution >= 0.6 is 12.2 Å². The summed E-state index contributed by atoms with van der Waals surface area (Å²) in [4.78, 5) is 10.5. The Morgan fingerprint density at radius 1 is 1.12 bits per heavy atom. The molecule has 0 aliphatic heterocycles. The topological polar surface area (TPSA) is 94.2 Å². The van der Waals surface area contributed by atoms with Crippen molar-refractivity contribution >= 4 is 45.2 Å². The number of hydrogen-bond acceptors (Lipinski definition) is 5. The van der Waals surface area contributed by atoms with Crippen LogP contribution in [0.15, 0.2) is 60.7 Å². The molecular formula is C24H23N5O3S. The Labute approximate surface area is 196 Å². The lowest BCUT2D eigenvalue weighted by Crippen LogP contribution is -2.20. The summed E-state index contributed by atoms with van der Waals surface area (Å²) in [6.07, 6.45) is 0. The number of nitrogens with zero attached hydrogens (tertiary/aromatic N) is 3. The molecule has 0 atom stereocenters. The number of fused-ring (bicyclic) bond motifs is 1. The van der Waals surface area contributed by atoms with Crippen LogP contribution in [0.1, 0.15) is 17.0 Å². The predicted molar refractivity (Wildman–Crippen MR) is 134 cm³/mol. The van der Waals surface area contributed by atoms with Crippen LogP contribution in [0, 0.1) is 24.0 Å². The van der Waals surface area contributed by atoms with E-state index < -0.39 is 4.92 Å². The molecule has 1 heterocycles. The number of methoxy groups -OCH3 is 1. The first-order valence-electron chi connectivity index (χ1n) is 10.3. The molecule has 0 aliphatic carbocycles. The number of nitro benzene ring substituents is 1. The molecule has 8 nitrogen and oxygen atoms in total. The van der Waals surface area contributed by atoms with Crippen LogP contribution in [-0.4, -0.2) is 26.9 Å². The molecule has 0 amide bonds. The Bertz CT molecular complexity index is 1360. The number of nitro groups is 1. The number of aryl methyl sites for hydroxylation is 1. The highest BCUT2D eigenvalue weighted by molar-refractivity contribution is 7.80. The fourth-order valence-electron chi connectivity index (χ4n) is 3.79. The summed E-state index contributed by atoms with van der Waals surface area (Å²) in [6, 6.07) is 18.9. The highest BCUT2D eigenvalue weighted by Crippen LogP contribution is 2.30. The van der Waals surface area contributed by atoms with Crippen LogP contribution in [0.5, 0.6) is 5.75 Å². The lowest BCUT2D eigenvalue weighted by molar-refractivity contribution is -0.384. The lowest BCUT2D eigenvalue weighted by atomic mass is 10.0. The van der Waals surface area contributed by atoms with E-state index in [9.17, 15) is 10.1 Å². The fourth-order valence-corrected chi connectivity index (χ4v) is 4.00. The zero-order valence-corrected chi connectivity index (χ0v) is 19.3. The van der Waals surface area contributed by atoms with Gasteiger partial charge in [-0.25, -0.2) is 0 Å². The summed E-state index contributed by atoms with van der Waals surface area (Å²) in [7, 11) is 1.45. The number of rotatable bonds is 6. The van der Waals surface area contributed by atoms with E-state index in [1.165, 1.54) is 35.6 Å². The second-order valence-corrected chi connectivity index (χ2v) is 7.97. The number of thiocarbonyl (C=S) groups is 1. The number of benzene rings is 3. The van der Waals surface area contributed by atoms with Crippen LogP contribution in [0.25, 0.3) is 10.8 Å². The minimum absolute atomic E-state index is 0.0577. The van der Waals surface area contributed by atoms with Crippen molar-refractivity contribution in [3.8, 4) is 5.75 Å². The summed E-state index contributed by atoms with van der Waals surface area (Å²) in [6.45, 7) is 4.54. The fraction of sp³-hybridized carbons (Fsp3) is 0.167. The molecule has 4 aromatic rings. The number of non-ortho nitro benzene ring substituents is 1. The molecule has 2 N–H and O–H groups in total. The summed E-state index contributed by atoms with van der Waals surface area (Å²) in [5, 5.41) is 24.7. The Balaban J connectivity index is 1.54. The minimum atomic E-state index is -0.472. The second-order valence-electron chi connectivity index (χ2n) is 7.56. The summed E-state index contributed by atoms with van der Waals surface area (Å²) < 4.78 is 7.22. The second kappa shape index (κ2) is 9.25. The average molecular weight is 462 g/mol. The molecule has 4 rings (SSSR count). The maximum absolute atomic E-state index is 11.0. The third-order valence-electron chi connectivity index (χ3n) is 5.46. The van der Waals surface area contributed by atoms with Gasteiger partial charge in [0.25, 0.3) is 5.69 Å². The lowest BCUT2D eigenvalue weighted by Gasteiger charge is -2.14. The van der Waals surface area contributed by atoms with Crippen molar-refractivity contribution in [3.05, 3.63) is 87.7 Å². The van der Waals surface area contributed by atoms with Crippen molar-refractivity contribution in [3.63, 3.8) is 0 Å². The molecule has 0 unspecified atom stereocenters. The van der Waals surface area contributed by atoms with Gasteiger partial charge in [0.2, 0.25) is 0 Å². The molecule has 1 aromatic heterocycles. The molecule has 0 saturated heterocycles. The van der Waals surface area contributed by atoms with Crippen molar-refractivity contribution in [1.82, 2.24) is 9.78 Å². The molecule has 0 radical (unpaired) electrons. The third kappa shape index (κ3) is 4.63. The molecule has 168 valence electrons. The van der Waals surface area contributed by atoms with Gasteiger partial charge in [-0.05, 0) is 48.5 Å². The van der Waals surface area contributed by atoms with Crippen LogP contribution < -0.4 is 15.4 Å². The van der Waals surface area contributed by atoms with Gasteiger partial charge < -0.3 is 15.4 Å². The maximum atomic E-state index is 11.0. The molecule has 0 fully saturated rings. The highest BCUT2D eigenvalue weighted by atomic mass is 32.1. The first-order valence-corrected chi connectivity index (χ1v) is 10.7. The van der Waals surface area contributed by atoms with Crippen LogP contribution in [0.2, 0.25) is 0 Å². The van der Waals surface area contributed by atoms with E-state index in [4.69, 9.17) is 22.1 Å². The van der Waals surface area contributed by atoms with Crippen LogP contribution in [0.4, 0.5) is 17.1 Å². The van der Waals surface area contributed by atoms with Crippen molar-refractivity contribution < 1.29 is 9.66 Å². The number of anilines is 2. The van der Waals surface area contributed by atoms with Gasteiger partial charge in [-0.3, -0.25) is 14.8 Å². The van der Waals surface area contributed by atoms with E-state index in [1.54, 1.807) is 6.07 Å². The molecule has 0 saturated carbocycles. The Morgan fingerprint density at radius 3 is 2.64 bits per heavy atom. The standard InChI is InChI=1S/C24H23N5O3S/c1-15-23(26-24(33)25-21-12-11-19(29(30)31)13-22(21)32-3)16(2)28(27-15)14-18-9-6-8-17-7-4-5-10-20(17)18/h4-13H,14H2,1-3H3,(H2,25,26,33). The summed E-state index contributed by atoms with van der Waals surface area (Å²) in [5.74, 6) is 0.327. The maximum Gasteiger partial charge on any atom is 0.273 e. The van der Waals surface area contributed by atoms with Crippen molar-refractivity contribution in [2.75, 3.05) is 17.7 Å². The number of hydrogen-bond donors (Lipinski definition) is 2. The van der Waals surface area contributed by atoms with Crippen molar-refractivity contribution in [2.45, 2.75) is 20.4 Å². The zero-order valence-electron chi connectivity index (χ0n) is 18.5. The van der Waals surface area contributed by atoms with E-state index >= 15 is 0 Å². The summed E-state index contributed by atoms with van der Waals surface area (Å²) in [5.41, 5.74) is 4.22. The SMILES string of the molecule is COc1cc([N+](=O)[O-])ccc1NC(=S)Nc1c(C)nn(Cc2cccc3ccccc23)c1C. The van der Waals surface area contributed by atoms with Gasteiger partial charge in [-0.15, -0.1) is 0 Å². The largest absolute Gasteiger partial charge is 0.494 e. The molecule has 33 heavy (non-hydrogen) atoms. The quantitative estimate of drug-likeness (QED) is 0.225. The first kappa shape index (κ1) is 22.2. The highest BCUT2D eigenvalue weighted by Gasteiger charge is 2.16. The molecule has 0 aliphatic rings. The predicted octanol–water partition coefficient (Wildman–Crippen LogP) is 5.43. The molecule has 9 heteroatoms. The molecular weight excluding hydrogens is 438 g/mol. The first-order chi connectivity index (χ1) is 15.9. The van der Waals surface area contributed by atoms with Crippen molar-refractivity contribution in [1.29, 1.82) is 0 Å². The molecule has 0 spiro atoms. The van der Waals surface area contributed by atoms with E-state index in [-0.39, 0.29) is 5.69 Å². The van der Waals surface area contributed by atoms with Crippen LogP contribution in [-0.2, 0) is 6.54 Å². The van der Waals surface area contributed by atoms with Gasteiger partial charge in [0.15, 0.2) is 5.11 Å². The Hall–Kier alpha value is -3.98. The van der Waals surface area contributed by atoms with Gasteiger partial charge in [-0.2, -0.15) is 5.10 Å². The Kier molecular flexibility index (Phi) is 6.23. The number of ether oxygens (including phenoxy) is 1. The third-order valence-corrected chi connectivity index (χ3v) is 5.67. The average Bonchev–Trinajstić information content (AvgIpc) is 3.06. The molecule has 3 aromatic carbocycles. The van der Waals surface area contributed by atoms with E-state index in [0.29, 0.717) is 23.1 Å². The number of nitrogens with one attached hydrogen (secondary N) is 2. The van der Waals surface area contributed by atoms with Crippen molar-refractivity contribution in [2.24, 2.45) is 0 Å². The monoisotopic (exact) mass is 461 g/mol.